The van der Waals surface area contributed by atoms with Gasteiger partial charge in [0.1, 0.15) is 0 Å². The largest absolute Gasteiger partial charge is 0.256 e. The van der Waals surface area contributed by atoms with Crippen molar-refractivity contribution >= 4 is 23.5 Å². The third-order valence-corrected chi connectivity index (χ3v) is 2.48. The van der Waals surface area contributed by atoms with E-state index >= 15 is 0 Å². The molecule has 0 aliphatic carbocycles. The Bertz CT molecular complexity index is 563. The molecule has 0 unspecified atom stereocenters. The van der Waals surface area contributed by atoms with Crippen LogP contribution in [0.4, 0.5) is 5.69 Å². The van der Waals surface area contributed by atoms with Gasteiger partial charge in [-0.15, -0.1) is 0 Å². The third-order valence-electron chi connectivity index (χ3n) is 2.23. The molecule has 2 aromatic carbocycles. The van der Waals surface area contributed by atoms with Gasteiger partial charge in [0.15, 0.2) is 0 Å². The summed E-state index contributed by atoms with van der Waals surface area (Å²) >= 11 is 5.79. The van der Waals surface area contributed by atoms with Crippen molar-refractivity contribution < 1.29 is 0 Å². The van der Waals surface area contributed by atoms with Crippen LogP contribution < -0.4 is 0 Å². The Morgan fingerprint density at radius 3 is 2.24 bits per heavy atom. The zero-order valence-electron chi connectivity index (χ0n) is 8.97. The van der Waals surface area contributed by atoms with E-state index in [1.165, 1.54) is 0 Å². The summed E-state index contributed by atoms with van der Waals surface area (Å²) in [6.07, 6.45) is 1.76. The molecule has 2 aromatic rings. The predicted octanol–water partition coefficient (Wildman–Crippen LogP) is 3.96. The fourth-order valence-electron chi connectivity index (χ4n) is 1.32. The number of hydrogen-bond acceptors (Lipinski definition) is 2. The van der Waals surface area contributed by atoms with Crippen LogP contribution in [0.5, 0.6) is 0 Å². The molecular weight excluding hydrogens is 232 g/mol. The molecule has 0 saturated heterocycles. The molecule has 3 heteroatoms. The number of rotatable bonds is 2. The van der Waals surface area contributed by atoms with Crippen LogP contribution in [0.3, 0.4) is 0 Å². The minimum atomic E-state index is 0.635. The van der Waals surface area contributed by atoms with Crippen LogP contribution in [0.1, 0.15) is 11.1 Å². The molecule has 0 saturated carbocycles. The van der Waals surface area contributed by atoms with Crippen LogP contribution in [0.25, 0.3) is 0 Å². The Kier molecular flexibility index (Phi) is 3.54. The van der Waals surface area contributed by atoms with E-state index < -0.39 is 0 Å². The standard InChI is InChI=1S/C14H9ClN2/c15-13-5-1-12(2-6-13)10-17-14-7-3-11(9-16)4-8-14/h1-8,10H. The zero-order chi connectivity index (χ0) is 12.1. The van der Waals surface area contributed by atoms with Crippen molar-refractivity contribution in [1.82, 2.24) is 0 Å². The van der Waals surface area contributed by atoms with E-state index in [0.29, 0.717) is 10.6 Å². The van der Waals surface area contributed by atoms with Crippen molar-refractivity contribution in [2.75, 3.05) is 0 Å². The quantitative estimate of drug-likeness (QED) is 0.732. The van der Waals surface area contributed by atoms with Gasteiger partial charge in [0.2, 0.25) is 0 Å². The van der Waals surface area contributed by atoms with Crippen LogP contribution in [-0.2, 0) is 0 Å². The fourth-order valence-corrected chi connectivity index (χ4v) is 1.45. The molecule has 0 spiro atoms. The SMILES string of the molecule is N#Cc1ccc(N=Cc2ccc(Cl)cc2)cc1. The Labute approximate surface area is 105 Å². The normalized spacial score (nSPS) is 10.4. The van der Waals surface area contributed by atoms with Gasteiger partial charge >= 0.3 is 0 Å². The summed E-state index contributed by atoms with van der Waals surface area (Å²) in [6, 6.07) is 16.6. The average Bonchev–Trinajstić information content (AvgIpc) is 2.39. The molecule has 0 atom stereocenters. The molecular formula is C14H9ClN2. The van der Waals surface area contributed by atoms with E-state index in [9.17, 15) is 0 Å². The van der Waals surface area contributed by atoms with Crippen LogP contribution >= 0.6 is 11.6 Å². The lowest BCUT2D eigenvalue weighted by Crippen LogP contribution is -1.79. The van der Waals surface area contributed by atoms with Crippen molar-refractivity contribution in [2.45, 2.75) is 0 Å². The number of nitrogens with zero attached hydrogens (tertiary/aromatic N) is 2. The lowest BCUT2D eigenvalue weighted by Gasteiger charge is -1.95. The number of hydrogen-bond donors (Lipinski definition) is 0. The second kappa shape index (κ2) is 5.29. The smallest absolute Gasteiger partial charge is 0.0991 e. The Hall–Kier alpha value is -2.11. The number of nitriles is 1. The second-order valence-corrected chi connectivity index (χ2v) is 3.90. The Balaban J connectivity index is 2.14. The molecule has 17 heavy (non-hydrogen) atoms. The predicted molar refractivity (Wildman–Crippen MR) is 69.9 cm³/mol. The zero-order valence-corrected chi connectivity index (χ0v) is 9.72. The minimum absolute atomic E-state index is 0.635. The van der Waals surface area contributed by atoms with Crippen LogP contribution in [0.2, 0.25) is 5.02 Å². The van der Waals surface area contributed by atoms with Crippen molar-refractivity contribution in [2.24, 2.45) is 4.99 Å². The molecule has 0 aromatic heterocycles. The first kappa shape index (κ1) is 11.4. The molecule has 2 nitrogen and oxygen atoms in total. The van der Waals surface area contributed by atoms with Crippen LogP contribution in [0, 0.1) is 11.3 Å². The molecule has 0 N–H and O–H groups in total. The highest BCUT2D eigenvalue weighted by atomic mass is 35.5. The van der Waals surface area contributed by atoms with Crippen LogP contribution in [-0.4, -0.2) is 6.21 Å². The van der Waals surface area contributed by atoms with Gasteiger partial charge in [-0.25, -0.2) is 0 Å². The van der Waals surface area contributed by atoms with Gasteiger partial charge in [-0.2, -0.15) is 5.26 Å². The van der Waals surface area contributed by atoms with E-state index in [1.54, 1.807) is 18.3 Å². The average molecular weight is 241 g/mol. The molecule has 0 bridgehead atoms. The lowest BCUT2D eigenvalue weighted by molar-refractivity contribution is 1.46. The second-order valence-electron chi connectivity index (χ2n) is 3.47. The van der Waals surface area contributed by atoms with E-state index in [4.69, 9.17) is 16.9 Å². The maximum absolute atomic E-state index is 8.66. The van der Waals surface area contributed by atoms with Crippen molar-refractivity contribution in [3.05, 3.63) is 64.7 Å². The molecule has 0 aliphatic rings. The van der Waals surface area contributed by atoms with E-state index in [0.717, 1.165) is 11.3 Å². The van der Waals surface area contributed by atoms with Crippen LogP contribution in [0.15, 0.2) is 53.5 Å². The molecule has 2 rings (SSSR count). The summed E-state index contributed by atoms with van der Waals surface area (Å²) in [7, 11) is 0. The van der Waals surface area contributed by atoms with Gasteiger partial charge in [0.25, 0.3) is 0 Å². The van der Waals surface area contributed by atoms with Gasteiger partial charge in [-0.1, -0.05) is 23.7 Å². The summed E-state index contributed by atoms with van der Waals surface area (Å²) < 4.78 is 0. The number of aliphatic imine (C=N–C) groups is 1. The first-order chi connectivity index (χ1) is 8.28. The topological polar surface area (TPSA) is 36.1 Å². The van der Waals surface area contributed by atoms with Gasteiger partial charge in [-0.05, 0) is 42.0 Å². The molecule has 0 aliphatic heterocycles. The maximum Gasteiger partial charge on any atom is 0.0991 e. The Morgan fingerprint density at radius 1 is 1.00 bits per heavy atom. The molecule has 0 amide bonds. The maximum atomic E-state index is 8.66. The molecule has 0 radical (unpaired) electrons. The lowest BCUT2D eigenvalue weighted by atomic mass is 10.2. The number of benzene rings is 2. The first-order valence-corrected chi connectivity index (χ1v) is 5.45. The highest BCUT2D eigenvalue weighted by Crippen LogP contribution is 2.13. The first-order valence-electron chi connectivity index (χ1n) is 5.08. The highest BCUT2D eigenvalue weighted by Gasteiger charge is 1.91. The number of halogens is 1. The summed E-state index contributed by atoms with van der Waals surface area (Å²) in [5.74, 6) is 0. The summed E-state index contributed by atoms with van der Waals surface area (Å²) in [6.45, 7) is 0. The third kappa shape index (κ3) is 3.17. The monoisotopic (exact) mass is 240 g/mol. The summed E-state index contributed by atoms with van der Waals surface area (Å²) in [5.41, 5.74) is 2.44. The summed E-state index contributed by atoms with van der Waals surface area (Å²) in [4.78, 5) is 4.30. The summed E-state index contributed by atoms with van der Waals surface area (Å²) in [5, 5.41) is 9.37. The molecule has 82 valence electrons. The van der Waals surface area contributed by atoms with E-state index in [1.807, 2.05) is 36.4 Å². The van der Waals surface area contributed by atoms with Crippen molar-refractivity contribution in [3.8, 4) is 6.07 Å². The Morgan fingerprint density at radius 2 is 1.65 bits per heavy atom. The molecule has 0 fully saturated rings. The van der Waals surface area contributed by atoms with Gasteiger partial charge < -0.3 is 0 Å². The van der Waals surface area contributed by atoms with Gasteiger partial charge in [0, 0.05) is 11.2 Å². The van der Waals surface area contributed by atoms with E-state index in [2.05, 4.69) is 11.1 Å². The fraction of sp³-hybridized carbons (Fsp3) is 0. The minimum Gasteiger partial charge on any atom is -0.256 e. The van der Waals surface area contributed by atoms with Crippen molar-refractivity contribution in [1.29, 1.82) is 5.26 Å². The van der Waals surface area contributed by atoms with Gasteiger partial charge in [0.05, 0.1) is 17.3 Å². The van der Waals surface area contributed by atoms with E-state index in [-0.39, 0.29) is 0 Å². The highest BCUT2D eigenvalue weighted by molar-refractivity contribution is 6.30. The molecule has 0 heterocycles. The van der Waals surface area contributed by atoms with Crippen molar-refractivity contribution in [3.63, 3.8) is 0 Å². The van der Waals surface area contributed by atoms with Gasteiger partial charge in [-0.3, -0.25) is 4.99 Å².